The number of anilines is 1. The molecule has 1 atom stereocenters. The topological polar surface area (TPSA) is 36.4 Å². The van der Waals surface area contributed by atoms with Crippen LogP contribution in [0.25, 0.3) is 0 Å². The number of aliphatic hydroxyl groups is 1. The lowest BCUT2D eigenvalue weighted by molar-refractivity contribution is 0.281. The van der Waals surface area contributed by atoms with Gasteiger partial charge in [0.15, 0.2) is 0 Å². The monoisotopic (exact) mass is 294 g/mol. The van der Waals surface area contributed by atoms with E-state index in [9.17, 15) is 5.11 Å². The third-order valence-electron chi connectivity index (χ3n) is 3.74. The van der Waals surface area contributed by atoms with E-state index in [1.165, 1.54) is 6.42 Å². The average molecular weight is 294 g/mol. The van der Waals surface area contributed by atoms with Crippen LogP contribution in [0.15, 0.2) is 12.1 Å². The van der Waals surface area contributed by atoms with Crippen molar-refractivity contribution < 1.29 is 5.11 Å². The first-order chi connectivity index (χ1) is 9.44. The van der Waals surface area contributed by atoms with Crippen LogP contribution in [0.3, 0.4) is 0 Å². The standard InChI is InChI=1S/C16H26N2OS/c1-5-13-10-18(6-7-20-13)15-9-12(11-19)8-14(17-15)16(2,3)4/h8-9,13,19H,5-7,10-11H2,1-4H3. The first-order valence-electron chi connectivity index (χ1n) is 7.43. The summed E-state index contributed by atoms with van der Waals surface area (Å²) in [5.74, 6) is 2.19. The Hall–Kier alpha value is -0.740. The maximum absolute atomic E-state index is 9.50. The minimum atomic E-state index is 0.00856. The molecular formula is C16H26N2OS. The number of aliphatic hydroxyl groups excluding tert-OH is 1. The Morgan fingerprint density at radius 2 is 2.15 bits per heavy atom. The molecular weight excluding hydrogens is 268 g/mol. The van der Waals surface area contributed by atoms with Crippen molar-refractivity contribution in [2.24, 2.45) is 0 Å². The third kappa shape index (κ3) is 3.67. The maximum atomic E-state index is 9.50. The van der Waals surface area contributed by atoms with Crippen molar-refractivity contribution in [2.45, 2.75) is 51.4 Å². The van der Waals surface area contributed by atoms with Crippen molar-refractivity contribution in [1.82, 2.24) is 4.98 Å². The molecule has 1 saturated heterocycles. The average Bonchev–Trinajstić information content (AvgIpc) is 2.46. The van der Waals surface area contributed by atoms with Crippen LogP contribution in [-0.2, 0) is 12.0 Å². The van der Waals surface area contributed by atoms with Gasteiger partial charge in [0, 0.05) is 35.2 Å². The molecule has 2 rings (SSSR count). The summed E-state index contributed by atoms with van der Waals surface area (Å²) >= 11 is 2.06. The van der Waals surface area contributed by atoms with Gasteiger partial charge in [-0.15, -0.1) is 0 Å². The fourth-order valence-electron chi connectivity index (χ4n) is 2.38. The molecule has 1 aromatic rings. The van der Waals surface area contributed by atoms with E-state index in [0.717, 1.165) is 35.9 Å². The predicted octanol–water partition coefficient (Wildman–Crippen LogP) is 3.20. The van der Waals surface area contributed by atoms with Crippen molar-refractivity contribution >= 4 is 17.6 Å². The molecule has 1 aromatic heterocycles. The third-order valence-corrected chi connectivity index (χ3v) is 5.11. The van der Waals surface area contributed by atoms with Crippen molar-refractivity contribution in [2.75, 3.05) is 23.7 Å². The number of aromatic nitrogens is 1. The number of thioether (sulfide) groups is 1. The van der Waals surface area contributed by atoms with Gasteiger partial charge >= 0.3 is 0 Å². The Balaban J connectivity index is 2.30. The predicted molar refractivity (Wildman–Crippen MR) is 87.6 cm³/mol. The van der Waals surface area contributed by atoms with E-state index >= 15 is 0 Å². The van der Waals surface area contributed by atoms with Crippen molar-refractivity contribution in [3.63, 3.8) is 0 Å². The number of hydrogen-bond donors (Lipinski definition) is 1. The van der Waals surface area contributed by atoms with Crippen molar-refractivity contribution in [1.29, 1.82) is 0 Å². The highest BCUT2D eigenvalue weighted by atomic mass is 32.2. The lowest BCUT2D eigenvalue weighted by Gasteiger charge is -2.34. The molecule has 1 aliphatic heterocycles. The Morgan fingerprint density at radius 1 is 1.40 bits per heavy atom. The van der Waals surface area contributed by atoms with Gasteiger partial charge in [-0.25, -0.2) is 4.98 Å². The van der Waals surface area contributed by atoms with Crippen LogP contribution in [0.1, 0.15) is 45.4 Å². The van der Waals surface area contributed by atoms with Gasteiger partial charge in [-0.3, -0.25) is 0 Å². The summed E-state index contributed by atoms with van der Waals surface area (Å²) in [4.78, 5) is 7.22. The SMILES string of the molecule is CCC1CN(c2cc(CO)cc(C(C)(C)C)n2)CCS1. The number of pyridine rings is 1. The van der Waals surface area contributed by atoms with Crippen LogP contribution in [0.2, 0.25) is 0 Å². The molecule has 0 aliphatic carbocycles. The van der Waals surface area contributed by atoms with Crippen LogP contribution in [0, 0.1) is 0 Å². The molecule has 112 valence electrons. The van der Waals surface area contributed by atoms with Gasteiger partial charge in [-0.2, -0.15) is 11.8 Å². The van der Waals surface area contributed by atoms with Crippen LogP contribution in [0.4, 0.5) is 5.82 Å². The Bertz CT molecular complexity index is 456. The molecule has 2 heterocycles. The second-order valence-corrected chi connectivity index (χ2v) is 7.88. The van der Waals surface area contributed by atoms with E-state index < -0.39 is 0 Å². The van der Waals surface area contributed by atoms with E-state index in [-0.39, 0.29) is 12.0 Å². The molecule has 0 amide bonds. The molecule has 1 N–H and O–H groups in total. The van der Waals surface area contributed by atoms with Crippen LogP contribution < -0.4 is 4.90 Å². The molecule has 1 aliphatic rings. The first-order valence-corrected chi connectivity index (χ1v) is 8.47. The Kier molecular flexibility index (Phi) is 4.97. The van der Waals surface area contributed by atoms with Gasteiger partial charge in [0.2, 0.25) is 0 Å². The van der Waals surface area contributed by atoms with Gasteiger partial charge in [0.25, 0.3) is 0 Å². The highest BCUT2D eigenvalue weighted by molar-refractivity contribution is 8.00. The summed E-state index contributed by atoms with van der Waals surface area (Å²) in [6.07, 6.45) is 1.20. The minimum absolute atomic E-state index is 0.00856. The second-order valence-electron chi connectivity index (χ2n) is 6.47. The van der Waals surface area contributed by atoms with E-state index in [1.54, 1.807) is 0 Å². The molecule has 0 aromatic carbocycles. The summed E-state index contributed by atoms with van der Waals surface area (Å²) in [6.45, 7) is 10.9. The lowest BCUT2D eigenvalue weighted by atomic mass is 9.91. The van der Waals surface area contributed by atoms with Gasteiger partial charge in [-0.1, -0.05) is 27.7 Å². The van der Waals surface area contributed by atoms with E-state index in [0.29, 0.717) is 5.25 Å². The lowest BCUT2D eigenvalue weighted by Crippen LogP contribution is -2.38. The molecule has 1 fully saturated rings. The fraction of sp³-hybridized carbons (Fsp3) is 0.688. The van der Waals surface area contributed by atoms with Gasteiger partial charge in [0.05, 0.1) is 6.61 Å². The highest BCUT2D eigenvalue weighted by Gasteiger charge is 2.23. The quantitative estimate of drug-likeness (QED) is 0.929. The zero-order valence-electron chi connectivity index (χ0n) is 13.0. The largest absolute Gasteiger partial charge is 0.392 e. The summed E-state index contributed by atoms with van der Waals surface area (Å²) < 4.78 is 0. The van der Waals surface area contributed by atoms with E-state index in [4.69, 9.17) is 4.98 Å². The van der Waals surface area contributed by atoms with Crippen LogP contribution in [-0.4, -0.2) is 34.2 Å². The van der Waals surface area contributed by atoms with Crippen molar-refractivity contribution in [3.8, 4) is 0 Å². The molecule has 0 spiro atoms. The molecule has 20 heavy (non-hydrogen) atoms. The summed E-state index contributed by atoms with van der Waals surface area (Å²) in [5, 5.41) is 10.2. The Labute approximate surface area is 126 Å². The number of nitrogens with zero attached hydrogens (tertiary/aromatic N) is 2. The second kappa shape index (κ2) is 6.35. The normalized spacial score (nSPS) is 20.2. The van der Waals surface area contributed by atoms with Gasteiger partial charge in [-0.05, 0) is 24.1 Å². The molecule has 3 nitrogen and oxygen atoms in total. The summed E-state index contributed by atoms with van der Waals surface area (Å²) in [6, 6.07) is 4.07. The molecule has 1 unspecified atom stereocenters. The first kappa shape index (κ1) is 15.6. The fourth-order valence-corrected chi connectivity index (χ4v) is 3.56. The van der Waals surface area contributed by atoms with Gasteiger partial charge in [0.1, 0.15) is 5.82 Å². The molecule has 0 bridgehead atoms. The number of hydrogen-bond acceptors (Lipinski definition) is 4. The highest BCUT2D eigenvalue weighted by Crippen LogP contribution is 2.28. The zero-order chi connectivity index (χ0) is 14.8. The minimum Gasteiger partial charge on any atom is -0.392 e. The molecule has 0 radical (unpaired) electrons. The zero-order valence-corrected chi connectivity index (χ0v) is 13.8. The smallest absolute Gasteiger partial charge is 0.129 e. The Morgan fingerprint density at radius 3 is 2.75 bits per heavy atom. The number of rotatable bonds is 3. The summed E-state index contributed by atoms with van der Waals surface area (Å²) in [7, 11) is 0. The summed E-state index contributed by atoms with van der Waals surface area (Å²) in [5.41, 5.74) is 2.03. The van der Waals surface area contributed by atoms with Crippen LogP contribution in [0.5, 0.6) is 0 Å². The van der Waals surface area contributed by atoms with Crippen molar-refractivity contribution in [3.05, 3.63) is 23.4 Å². The van der Waals surface area contributed by atoms with Gasteiger partial charge < -0.3 is 10.0 Å². The van der Waals surface area contributed by atoms with E-state index in [2.05, 4.69) is 44.4 Å². The molecule has 0 saturated carbocycles. The molecule has 4 heteroatoms. The van der Waals surface area contributed by atoms with Crippen LogP contribution >= 0.6 is 11.8 Å². The van der Waals surface area contributed by atoms with E-state index in [1.807, 2.05) is 12.1 Å². The maximum Gasteiger partial charge on any atom is 0.129 e.